The van der Waals surface area contributed by atoms with Gasteiger partial charge in [0.25, 0.3) is 0 Å². The Morgan fingerprint density at radius 3 is 2.57 bits per heavy atom. The fourth-order valence-corrected chi connectivity index (χ4v) is 3.31. The van der Waals surface area contributed by atoms with Crippen molar-refractivity contribution in [2.45, 2.75) is 30.9 Å². The summed E-state index contributed by atoms with van der Waals surface area (Å²) < 4.78 is 5.37. The number of aliphatic carboxylic acids is 1. The van der Waals surface area contributed by atoms with Gasteiger partial charge in [0.05, 0.1) is 6.10 Å². The Morgan fingerprint density at radius 1 is 1.26 bits per heavy atom. The third-order valence-electron chi connectivity index (χ3n) is 4.91. The lowest BCUT2D eigenvalue weighted by molar-refractivity contribution is -0.144. The molecule has 0 bridgehead atoms. The van der Waals surface area contributed by atoms with E-state index in [4.69, 9.17) is 4.74 Å². The smallest absolute Gasteiger partial charge is 0.315 e. The van der Waals surface area contributed by atoms with Gasteiger partial charge in [-0.3, -0.25) is 4.79 Å². The highest BCUT2D eigenvalue weighted by atomic mass is 35.5. The van der Waals surface area contributed by atoms with E-state index in [1.54, 1.807) is 14.0 Å². The van der Waals surface area contributed by atoms with Crippen LogP contribution in [0.25, 0.3) is 10.8 Å². The molecule has 0 saturated carbocycles. The van der Waals surface area contributed by atoms with Crippen LogP contribution in [-0.2, 0) is 14.9 Å². The molecule has 1 saturated heterocycles. The van der Waals surface area contributed by atoms with Crippen molar-refractivity contribution in [1.29, 1.82) is 0 Å². The predicted molar refractivity (Wildman–Crippen MR) is 93.4 cm³/mol. The van der Waals surface area contributed by atoms with Crippen LogP contribution in [0.15, 0.2) is 42.5 Å². The van der Waals surface area contributed by atoms with Crippen LogP contribution in [0.2, 0.25) is 0 Å². The van der Waals surface area contributed by atoms with Gasteiger partial charge in [-0.05, 0) is 35.7 Å². The first-order valence-corrected chi connectivity index (χ1v) is 7.54. The standard InChI is InChI=1S/C18H21NO3.ClH/c1-18(17(20)21,16-10-15(22-2)11-19-16)14-8-7-12-5-3-4-6-13(12)9-14;/h3-9,15-16,19H,10-11H2,1-2H3,(H,20,21);1H/t15-,16+,18-;/m1./s1. The first-order valence-electron chi connectivity index (χ1n) is 7.54. The van der Waals surface area contributed by atoms with Gasteiger partial charge in [-0.25, -0.2) is 0 Å². The summed E-state index contributed by atoms with van der Waals surface area (Å²) in [6, 6.07) is 13.8. The van der Waals surface area contributed by atoms with E-state index in [1.165, 1.54) is 0 Å². The number of carboxylic acid groups (broad SMARTS) is 1. The fourth-order valence-electron chi connectivity index (χ4n) is 3.31. The molecular formula is C18H22ClNO3. The Bertz CT molecular complexity index is 705. The van der Waals surface area contributed by atoms with Crippen LogP contribution in [0.5, 0.6) is 0 Å². The summed E-state index contributed by atoms with van der Waals surface area (Å²) in [6.07, 6.45) is 0.774. The van der Waals surface area contributed by atoms with Gasteiger partial charge < -0.3 is 15.2 Å². The summed E-state index contributed by atoms with van der Waals surface area (Å²) in [6.45, 7) is 2.49. The van der Waals surface area contributed by atoms with Crippen LogP contribution in [0, 0.1) is 0 Å². The van der Waals surface area contributed by atoms with E-state index < -0.39 is 11.4 Å². The van der Waals surface area contributed by atoms with Gasteiger partial charge in [0, 0.05) is 19.7 Å². The molecule has 0 radical (unpaired) electrons. The molecule has 4 nitrogen and oxygen atoms in total. The minimum atomic E-state index is -0.975. The summed E-state index contributed by atoms with van der Waals surface area (Å²) in [5.41, 5.74) is -0.148. The molecule has 0 aliphatic carbocycles. The predicted octanol–water partition coefficient (Wildman–Crippen LogP) is 2.98. The summed E-state index contributed by atoms with van der Waals surface area (Å²) in [4.78, 5) is 12.1. The largest absolute Gasteiger partial charge is 0.481 e. The number of fused-ring (bicyclic) bond motifs is 1. The molecule has 5 heteroatoms. The third-order valence-corrected chi connectivity index (χ3v) is 4.91. The van der Waals surface area contributed by atoms with Gasteiger partial charge in [0.15, 0.2) is 0 Å². The number of rotatable bonds is 4. The van der Waals surface area contributed by atoms with Crippen molar-refractivity contribution < 1.29 is 14.6 Å². The number of nitrogens with one attached hydrogen (secondary N) is 1. The van der Waals surface area contributed by atoms with E-state index in [9.17, 15) is 9.90 Å². The van der Waals surface area contributed by atoms with Crippen molar-refractivity contribution in [1.82, 2.24) is 5.32 Å². The van der Waals surface area contributed by atoms with Gasteiger partial charge in [-0.15, -0.1) is 12.4 Å². The highest BCUT2D eigenvalue weighted by Gasteiger charge is 2.46. The second-order valence-corrected chi connectivity index (χ2v) is 6.12. The number of carbonyl (C=O) groups is 1. The maximum Gasteiger partial charge on any atom is 0.315 e. The molecule has 1 aliphatic heterocycles. The average Bonchev–Trinajstić information content (AvgIpc) is 3.03. The van der Waals surface area contributed by atoms with Crippen LogP contribution in [0.3, 0.4) is 0 Å². The summed E-state index contributed by atoms with van der Waals surface area (Å²) in [5, 5.41) is 15.4. The van der Waals surface area contributed by atoms with Crippen molar-refractivity contribution in [3.63, 3.8) is 0 Å². The summed E-state index contributed by atoms with van der Waals surface area (Å²) >= 11 is 0. The van der Waals surface area contributed by atoms with Crippen LogP contribution in [0.4, 0.5) is 0 Å². The van der Waals surface area contributed by atoms with Crippen molar-refractivity contribution in [2.75, 3.05) is 13.7 Å². The van der Waals surface area contributed by atoms with Crippen LogP contribution in [-0.4, -0.2) is 36.9 Å². The number of methoxy groups -OCH3 is 1. The van der Waals surface area contributed by atoms with E-state index in [1.807, 2.05) is 42.5 Å². The normalized spacial score (nSPS) is 23.2. The van der Waals surface area contributed by atoms with Crippen molar-refractivity contribution >= 4 is 29.1 Å². The van der Waals surface area contributed by atoms with Gasteiger partial charge >= 0.3 is 5.97 Å². The molecule has 1 heterocycles. The van der Waals surface area contributed by atoms with Crippen molar-refractivity contribution in [3.05, 3.63) is 48.0 Å². The Hall–Kier alpha value is -1.62. The molecule has 0 aromatic heterocycles. The lowest BCUT2D eigenvalue weighted by atomic mass is 9.74. The molecule has 0 amide bonds. The Balaban J connectivity index is 0.00000192. The molecule has 1 fully saturated rings. The first kappa shape index (κ1) is 17.7. The monoisotopic (exact) mass is 335 g/mol. The maximum absolute atomic E-state index is 12.1. The van der Waals surface area contributed by atoms with E-state index in [0.29, 0.717) is 13.0 Å². The number of ether oxygens (including phenoxy) is 1. The lowest BCUT2D eigenvalue weighted by Crippen LogP contribution is -2.48. The number of hydrogen-bond acceptors (Lipinski definition) is 3. The topological polar surface area (TPSA) is 58.6 Å². The molecule has 2 N–H and O–H groups in total. The second-order valence-electron chi connectivity index (χ2n) is 6.12. The van der Waals surface area contributed by atoms with E-state index in [2.05, 4.69) is 5.32 Å². The molecule has 3 atom stereocenters. The zero-order valence-corrected chi connectivity index (χ0v) is 14.1. The summed E-state index contributed by atoms with van der Waals surface area (Å²) in [5.74, 6) is -0.808. The minimum Gasteiger partial charge on any atom is -0.481 e. The van der Waals surface area contributed by atoms with Crippen LogP contribution >= 0.6 is 12.4 Å². The van der Waals surface area contributed by atoms with Gasteiger partial charge in [-0.1, -0.05) is 36.4 Å². The quantitative estimate of drug-likeness (QED) is 0.902. The van der Waals surface area contributed by atoms with Gasteiger partial charge in [0.1, 0.15) is 5.41 Å². The maximum atomic E-state index is 12.1. The number of carboxylic acids is 1. The van der Waals surface area contributed by atoms with Gasteiger partial charge in [-0.2, -0.15) is 0 Å². The van der Waals surface area contributed by atoms with E-state index >= 15 is 0 Å². The number of halogens is 1. The van der Waals surface area contributed by atoms with Crippen LogP contribution < -0.4 is 5.32 Å². The van der Waals surface area contributed by atoms with Crippen molar-refractivity contribution in [3.8, 4) is 0 Å². The molecule has 3 rings (SSSR count). The SMILES string of the molecule is CO[C@H]1CN[C@H]([C@](C)(C(=O)O)c2ccc3ccccc3c2)C1.Cl. The average molecular weight is 336 g/mol. The molecule has 23 heavy (non-hydrogen) atoms. The molecule has 0 spiro atoms. The third kappa shape index (κ3) is 3.07. The van der Waals surface area contributed by atoms with E-state index in [-0.39, 0.29) is 24.6 Å². The lowest BCUT2D eigenvalue weighted by Gasteiger charge is -2.32. The number of benzene rings is 2. The highest BCUT2D eigenvalue weighted by molar-refractivity contribution is 5.87. The number of hydrogen-bond donors (Lipinski definition) is 2. The Morgan fingerprint density at radius 2 is 1.96 bits per heavy atom. The molecule has 124 valence electrons. The Labute approximate surface area is 142 Å². The molecule has 0 unspecified atom stereocenters. The van der Waals surface area contributed by atoms with Gasteiger partial charge in [0.2, 0.25) is 0 Å². The zero-order valence-electron chi connectivity index (χ0n) is 13.3. The molecule has 1 aliphatic rings. The molecular weight excluding hydrogens is 314 g/mol. The van der Waals surface area contributed by atoms with Crippen LogP contribution in [0.1, 0.15) is 18.9 Å². The Kier molecular flexibility index (Phi) is 5.30. The fraction of sp³-hybridized carbons (Fsp3) is 0.389. The summed E-state index contributed by atoms with van der Waals surface area (Å²) in [7, 11) is 1.67. The molecule has 2 aromatic rings. The second kappa shape index (κ2) is 6.87. The van der Waals surface area contributed by atoms with E-state index in [0.717, 1.165) is 16.3 Å². The minimum absolute atomic E-state index is 0. The first-order chi connectivity index (χ1) is 10.6. The highest BCUT2D eigenvalue weighted by Crippen LogP contribution is 2.34. The van der Waals surface area contributed by atoms with Crippen molar-refractivity contribution in [2.24, 2.45) is 0 Å². The molecule has 2 aromatic carbocycles. The zero-order chi connectivity index (χ0) is 15.7.